The molecule has 0 aliphatic carbocycles. The van der Waals surface area contributed by atoms with E-state index in [2.05, 4.69) is 4.74 Å². The third-order valence-corrected chi connectivity index (χ3v) is 1.93. The molecule has 0 fully saturated rings. The molecule has 0 atom stereocenters. The summed E-state index contributed by atoms with van der Waals surface area (Å²) in [6.45, 7) is 3.71. The zero-order valence-electron chi connectivity index (χ0n) is 8.79. The van der Waals surface area contributed by atoms with Crippen LogP contribution in [0.15, 0.2) is 30.3 Å². The fourth-order valence-corrected chi connectivity index (χ4v) is 1.21. The van der Waals surface area contributed by atoms with E-state index in [0.717, 1.165) is 11.6 Å². The van der Waals surface area contributed by atoms with Crippen LogP contribution in [-0.4, -0.2) is 12.6 Å². The van der Waals surface area contributed by atoms with Crippen molar-refractivity contribution < 1.29 is 13.9 Å². The molecular formula is C12H13FO2. The monoisotopic (exact) mass is 208 g/mol. The van der Waals surface area contributed by atoms with E-state index >= 15 is 0 Å². The lowest BCUT2D eigenvalue weighted by Gasteiger charge is -2.02. The number of halogens is 1. The molecule has 0 unspecified atom stereocenters. The van der Waals surface area contributed by atoms with Crippen LogP contribution in [0.4, 0.5) is 4.39 Å². The van der Waals surface area contributed by atoms with Gasteiger partial charge in [0.1, 0.15) is 5.83 Å². The van der Waals surface area contributed by atoms with E-state index in [4.69, 9.17) is 0 Å². The topological polar surface area (TPSA) is 26.3 Å². The standard InChI is InChI=1S/C12H13FO2/c1-3-15-12(14)8-11(13)10-7-5-4-6-9(10)2/h4-8H,3H2,1-2H3/b11-8-. The lowest BCUT2D eigenvalue weighted by atomic mass is 10.1. The summed E-state index contributed by atoms with van der Waals surface area (Å²) in [4.78, 5) is 11.0. The number of carbonyl (C=O) groups excluding carboxylic acids is 1. The number of carbonyl (C=O) groups is 1. The highest BCUT2D eigenvalue weighted by atomic mass is 19.1. The number of hydrogen-bond acceptors (Lipinski definition) is 2. The highest BCUT2D eigenvalue weighted by Crippen LogP contribution is 2.19. The van der Waals surface area contributed by atoms with E-state index in [9.17, 15) is 9.18 Å². The number of rotatable bonds is 3. The lowest BCUT2D eigenvalue weighted by molar-refractivity contribution is -0.137. The van der Waals surface area contributed by atoms with E-state index in [-0.39, 0.29) is 6.61 Å². The highest BCUT2D eigenvalue weighted by molar-refractivity contribution is 5.89. The normalized spacial score (nSPS) is 11.3. The Labute approximate surface area is 88.4 Å². The van der Waals surface area contributed by atoms with Gasteiger partial charge >= 0.3 is 5.97 Å². The van der Waals surface area contributed by atoms with Gasteiger partial charge in [0.25, 0.3) is 0 Å². The van der Waals surface area contributed by atoms with Gasteiger partial charge in [0, 0.05) is 5.56 Å². The van der Waals surface area contributed by atoms with E-state index in [1.807, 2.05) is 6.07 Å². The molecule has 0 bridgehead atoms. The summed E-state index contributed by atoms with van der Waals surface area (Å²) >= 11 is 0. The van der Waals surface area contributed by atoms with Crippen molar-refractivity contribution in [2.24, 2.45) is 0 Å². The van der Waals surface area contributed by atoms with Gasteiger partial charge in [0.05, 0.1) is 12.7 Å². The van der Waals surface area contributed by atoms with Crippen LogP contribution in [0.3, 0.4) is 0 Å². The number of benzene rings is 1. The van der Waals surface area contributed by atoms with Crippen LogP contribution in [-0.2, 0) is 9.53 Å². The summed E-state index contributed by atoms with van der Waals surface area (Å²) in [6, 6.07) is 6.95. The Bertz CT molecular complexity index is 383. The molecule has 0 N–H and O–H groups in total. The van der Waals surface area contributed by atoms with Gasteiger partial charge in [-0.3, -0.25) is 0 Å². The fourth-order valence-electron chi connectivity index (χ4n) is 1.21. The number of hydrogen-bond donors (Lipinski definition) is 0. The average molecular weight is 208 g/mol. The number of esters is 1. The molecule has 0 saturated carbocycles. The van der Waals surface area contributed by atoms with E-state index in [0.29, 0.717) is 5.56 Å². The Morgan fingerprint density at radius 1 is 1.47 bits per heavy atom. The van der Waals surface area contributed by atoms with E-state index in [1.165, 1.54) is 0 Å². The molecule has 15 heavy (non-hydrogen) atoms. The lowest BCUT2D eigenvalue weighted by Crippen LogP contribution is -2.00. The largest absolute Gasteiger partial charge is 0.463 e. The van der Waals surface area contributed by atoms with Gasteiger partial charge in [0.2, 0.25) is 0 Å². The van der Waals surface area contributed by atoms with Crippen molar-refractivity contribution in [3.8, 4) is 0 Å². The first-order valence-corrected chi connectivity index (χ1v) is 4.75. The smallest absolute Gasteiger partial charge is 0.333 e. The Morgan fingerprint density at radius 2 is 2.13 bits per heavy atom. The summed E-state index contributed by atoms with van der Waals surface area (Å²) in [5.74, 6) is -1.22. The van der Waals surface area contributed by atoms with Crippen molar-refractivity contribution in [1.82, 2.24) is 0 Å². The Balaban J connectivity index is 2.89. The van der Waals surface area contributed by atoms with E-state index < -0.39 is 11.8 Å². The summed E-state index contributed by atoms with van der Waals surface area (Å²) in [5.41, 5.74) is 1.21. The molecule has 3 heteroatoms. The van der Waals surface area contributed by atoms with Crippen molar-refractivity contribution in [2.45, 2.75) is 13.8 Å². The Morgan fingerprint density at radius 3 is 2.73 bits per heavy atom. The Kier molecular flexibility index (Phi) is 4.03. The maximum atomic E-state index is 13.5. The van der Waals surface area contributed by atoms with Crippen LogP contribution in [0.2, 0.25) is 0 Å². The molecule has 2 nitrogen and oxygen atoms in total. The van der Waals surface area contributed by atoms with Gasteiger partial charge in [-0.2, -0.15) is 0 Å². The van der Waals surface area contributed by atoms with Crippen LogP contribution in [0.25, 0.3) is 5.83 Å². The maximum Gasteiger partial charge on any atom is 0.333 e. The summed E-state index contributed by atoms with van der Waals surface area (Å²) in [5, 5.41) is 0. The van der Waals surface area contributed by atoms with Crippen LogP contribution in [0.5, 0.6) is 0 Å². The van der Waals surface area contributed by atoms with Gasteiger partial charge in [-0.15, -0.1) is 0 Å². The van der Waals surface area contributed by atoms with Crippen molar-refractivity contribution in [3.63, 3.8) is 0 Å². The molecule has 0 aliphatic heterocycles. The first-order chi connectivity index (χ1) is 7.15. The van der Waals surface area contributed by atoms with Gasteiger partial charge in [-0.1, -0.05) is 24.3 Å². The molecule has 0 aliphatic rings. The van der Waals surface area contributed by atoms with Gasteiger partial charge in [-0.05, 0) is 19.4 Å². The zero-order chi connectivity index (χ0) is 11.3. The second-order valence-corrected chi connectivity index (χ2v) is 3.06. The first kappa shape index (κ1) is 11.4. The second-order valence-electron chi connectivity index (χ2n) is 3.06. The van der Waals surface area contributed by atoms with Crippen LogP contribution in [0.1, 0.15) is 18.1 Å². The van der Waals surface area contributed by atoms with Gasteiger partial charge in [0.15, 0.2) is 0 Å². The minimum absolute atomic E-state index is 0.246. The maximum absolute atomic E-state index is 13.5. The highest BCUT2D eigenvalue weighted by Gasteiger charge is 2.06. The van der Waals surface area contributed by atoms with Crippen molar-refractivity contribution in [1.29, 1.82) is 0 Å². The van der Waals surface area contributed by atoms with Crippen molar-refractivity contribution in [2.75, 3.05) is 6.61 Å². The molecule has 0 heterocycles. The molecule has 0 aromatic heterocycles. The third kappa shape index (κ3) is 3.20. The molecule has 1 aromatic rings. The van der Waals surface area contributed by atoms with E-state index in [1.54, 1.807) is 32.0 Å². The SMILES string of the molecule is CCOC(=O)/C=C(\F)c1ccccc1C. The molecule has 0 spiro atoms. The number of ether oxygens (including phenoxy) is 1. The third-order valence-electron chi connectivity index (χ3n) is 1.93. The first-order valence-electron chi connectivity index (χ1n) is 4.75. The van der Waals surface area contributed by atoms with Crippen LogP contribution in [0, 0.1) is 6.92 Å². The summed E-state index contributed by atoms with van der Waals surface area (Å²) in [7, 11) is 0. The summed E-state index contributed by atoms with van der Waals surface area (Å²) in [6.07, 6.45) is 0.867. The van der Waals surface area contributed by atoms with Gasteiger partial charge in [-0.25, -0.2) is 9.18 Å². The van der Waals surface area contributed by atoms with Crippen LogP contribution >= 0.6 is 0 Å². The molecule has 1 rings (SSSR count). The predicted octanol–water partition coefficient (Wildman–Crippen LogP) is 2.87. The quantitative estimate of drug-likeness (QED) is 0.564. The van der Waals surface area contributed by atoms with Gasteiger partial charge < -0.3 is 4.74 Å². The summed E-state index contributed by atoms with van der Waals surface area (Å²) < 4.78 is 18.1. The molecular weight excluding hydrogens is 195 g/mol. The zero-order valence-corrected chi connectivity index (χ0v) is 8.79. The molecule has 80 valence electrons. The number of aryl methyl sites for hydroxylation is 1. The molecule has 0 radical (unpaired) electrons. The van der Waals surface area contributed by atoms with Crippen molar-refractivity contribution in [3.05, 3.63) is 41.5 Å². The fraction of sp³-hybridized carbons (Fsp3) is 0.250. The average Bonchev–Trinajstić information content (AvgIpc) is 2.18. The second kappa shape index (κ2) is 5.29. The molecule has 0 amide bonds. The Hall–Kier alpha value is -1.64. The van der Waals surface area contributed by atoms with Crippen LogP contribution < -0.4 is 0 Å². The van der Waals surface area contributed by atoms with Crippen molar-refractivity contribution >= 4 is 11.8 Å². The molecule has 1 aromatic carbocycles. The molecule has 0 saturated heterocycles. The minimum Gasteiger partial charge on any atom is -0.463 e. The predicted molar refractivity (Wildman–Crippen MR) is 56.9 cm³/mol. The minimum atomic E-state index is -0.654.